The van der Waals surface area contributed by atoms with E-state index < -0.39 is 0 Å². The summed E-state index contributed by atoms with van der Waals surface area (Å²) in [5.74, 6) is 1.06. The van der Waals surface area contributed by atoms with Crippen LogP contribution in [0.3, 0.4) is 0 Å². The van der Waals surface area contributed by atoms with Gasteiger partial charge in [0.05, 0.1) is 6.04 Å². The van der Waals surface area contributed by atoms with Crippen molar-refractivity contribution in [1.82, 2.24) is 4.98 Å². The number of aromatic nitrogens is 1. The Morgan fingerprint density at radius 3 is 3.15 bits per heavy atom. The Labute approximate surface area is 86.2 Å². The van der Waals surface area contributed by atoms with Gasteiger partial charge in [-0.2, -0.15) is 0 Å². The van der Waals surface area contributed by atoms with Crippen molar-refractivity contribution in [3.05, 3.63) is 30.1 Å². The number of rotatable bonds is 1. The molecular formula is C9H10N2S2. The zero-order valence-corrected chi connectivity index (χ0v) is 8.94. The van der Waals surface area contributed by atoms with E-state index in [1.807, 2.05) is 24.0 Å². The fraction of sp³-hybridized carbons (Fsp3) is 0.333. The molecule has 2 rings (SSSR count). The van der Waals surface area contributed by atoms with E-state index in [1.165, 1.54) is 9.94 Å². The number of hydrogen-bond donors (Lipinski definition) is 0. The minimum Gasteiger partial charge on any atom is -0.264 e. The quantitative estimate of drug-likeness (QED) is 0.712. The molecule has 0 N–H and O–H groups in total. The van der Waals surface area contributed by atoms with E-state index in [4.69, 9.17) is 0 Å². The van der Waals surface area contributed by atoms with Gasteiger partial charge in [-0.25, -0.2) is 0 Å². The first-order chi connectivity index (χ1) is 6.40. The second kappa shape index (κ2) is 4.15. The van der Waals surface area contributed by atoms with Crippen LogP contribution in [0.2, 0.25) is 0 Å². The van der Waals surface area contributed by atoms with Crippen LogP contribution in [0.25, 0.3) is 0 Å². The third kappa shape index (κ3) is 2.06. The van der Waals surface area contributed by atoms with E-state index in [9.17, 15) is 0 Å². The molecule has 1 aliphatic heterocycles. The Bertz CT molecular complexity index is 311. The van der Waals surface area contributed by atoms with Gasteiger partial charge in [-0.05, 0) is 17.9 Å². The second-order valence-electron chi connectivity index (χ2n) is 2.71. The average Bonchev–Trinajstić information content (AvgIpc) is 2.67. The highest BCUT2D eigenvalue weighted by Gasteiger charge is 2.18. The molecule has 4 heteroatoms. The summed E-state index contributed by atoms with van der Waals surface area (Å²) in [6.07, 6.45) is 5.76. The molecule has 0 spiro atoms. The lowest BCUT2D eigenvalue weighted by molar-refractivity contribution is 0.844. The molecule has 0 aliphatic carbocycles. The summed E-state index contributed by atoms with van der Waals surface area (Å²) in [6, 6.07) is 4.37. The predicted octanol–water partition coefficient (Wildman–Crippen LogP) is 2.59. The number of nitrogens with zero attached hydrogens (tertiary/aromatic N) is 2. The van der Waals surface area contributed by atoms with Crippen LogP contribution in [0.1, 0.15) is 11.6 Å². The van der Waals surface area contributed by atoms with Crippen molar-refractivity contribution in [3.8, 4) is 0 Å². The van der Waals surface area contributed by atoms with Crippen molar-refractivity contribution in [1.29, 1.82) is 0 Å². The molecule has 2 nitrogen and oxygen atoms in total. The van der Waals surface area contributed by atoms with Gasteiger partial charge in [0.2, 0.25) is 0 Å². The normalized spacial score (nSPS) is 21.6. The Kier molecular flexibility index (Phi) is 2.90. The Balaban J connectivity index is 2.16. The number of aliphatic imine (C=N–C) groups is 1. The maximum atomic E-state index is 4.58. The monoisotopic (exact) mass is 210 g/mol. The maximum Gasteiger partial charge on any atom is 0.125 e. The molecule has 0 radical (unpaired) electrons. The van der Waals surface area contributed by atoms with E-state index in [-0.39, 0.29) is 0 Å². The van der Waals surface area contributed by atoms with Crippen LogP contribution < -0.4 is 0 Å². The molecule has 0 aromatic carbocycles. The summed E-state index contributed by atoms with van der Waals surface area (Å²) in [4.78, 5) is 8.67. The molecule has 0 saturated heterocycles. The fourth-order valence-electron chi connectivity index (χ4n) is 1.21. The van der Waals surface area contributed by atoms with Gasteiger partial charge < -0.3 is 0 Å². The summed E-state index contributed by atoms with van der Waals surface area (Å²) in [7, 11) is 0. The SMILES string of the molecule is CSC1=NC(c2cccnc2)CS1. The molecule has 0 saturated carbocycles. The molecular weight excluding hydrogens is 200 g/mol. The van der Waals surface area contributed by atoms with Crippen molar-refractivity contribution in [2.45, 2.75) is 6.04 Å². The van der Waals surface area contributed by atoms with Crippen LogP contribution in [-0.2, 0) is 0 Å². The van der Waals surface area contributed by atoms with Crippen molar-refractivity contribution < 1.29 is 0 Å². The summed E-state index contributed by atoms with van der Waals surface area (Å²) in [6.45, 7) is 0. The number of pyridine rings is 1. The Hall–Kier alpha value is -0.480. The van der Waals surface area contributed by atoms with E-state index in [2.05, 4.69) is 22.3 Å². The van der Waals surface area contributed by atoms with Crippen molar-refractivity contribution in [3.63, 3.8) is 0 Å². The molecule has 0 amide bonds. The molecule has 1 aromatic rings. The number of thioether (sulfide) groups is 2. The molecule has 1 aliphatic rings. The van der Waals surface area contributed by atoms with Crippen LogP contribution in [0.5, 0.6) is 0 Å². The lowest BCUT2D eigenvalue weighted by atomic mass is 10.1. The molecule has 1 unspecified atom stereocenters. The smallest absolute Gasteiger partial charge is 0.125 e. The van der Waals surface area contributed by atoms with E-state index in [1.54, 1.807) is 18.0 Å². The van der Waals surface area contributed by atoms with Crippen LogP contribution in [-0.4, -0.2) is 21.4 Å². The minimum atomic E-state index is 0.321. The van der Waals surface area contributed by atoms with E-state index in [0.29, 0.717) is 6.04 Å². The van der Waals surface area contributed by atoms with Gasteiger partial charge in [0.25, 0.3) is 0 Å². The van der Waals surface area contributed by atoms with Gasteiger partial charge in [0.15, 0.2) is 0 Å². The van der Waals surface area contributed by atoms with Crippen LogP contribution in [0.15, 0.2) is 29.5 Å². The second-order valence-corrected chi connectivity index (χ2v) is 4.77. The summed E-state index contributed by atoms with van der Waals surface area (Å²) in [5, 5.41) is 0. The highest BCUT2D eigenvalue weighted by molar-refractivity contribution is 8.38. The van der Waals surface area contributed by atoms with Crippen molar-refractivity contribution in [2.24, 2.45) is 4.99 Å². The zero-order chi connectivity index (χ0) is 9.10. The van der Waals surface area contributed by atoms with E-state index >= 15 is 0 Å². The first-order valence-electron chi connectivity index (χ1n) is 4.04. The largest absolute Gasteiger partial charge is 0.264 e. The van der Waals surface area contributed by atoms with Gasteiger partial charge in [-0.1, -0.05) is 17.8 Å². The standard InChI is InChI=1S/C9H10N2S2/c1-12-9-11-8(6-13-9)7-3-2-4-10-5-7/h2-5,8H,6H2,1H3. The van der Waals surface area contributed by atoms with Gasteiger partial charge in [-0.15, -0.1) is 11.8 Å². The predicted molar refractivity (Wildman–Crippen MR) is 60.4 cm³/mol. The van der Waals surface area contributed by atoms with Crippen molar-refractivity contribution >= 4 is 27.9 Å². The minimum absolute atomic E-state index is 0.321. The van der Waals surface area contributed by atoms with Gasteiger partial charge in [0, 0.05) is 18.1 Å². The maximum absolute atomic E-state index is 4.58. The Morgan fingerprint density at radius 2 is 2.54 bits per heavy atom. The van der Waals surface area contributed by atoms with Crippen molar-refractivity contribution in [2.75, 3.05) is 12.0 Å². The topological polar surface area (TPSA) is 25.2 Å². The van der Waals surface area contributed by atoms with Crippen LogP contribution in [0, 0.1) is 0 Å². The third-order valence-electron chi connectivity index (χ3n) is 1.87. The van der Waals surface area contributed by atoms with Crippen LogP contribution >= 0.6 is 23.5 Å². The van der Waals surface area contributed by atoms with Gasteiger partial charge in [0.1, 0.15) is 4.38 Å². The molecule has 2 heterocycles. The molecule has 0 bridgehead atoms. The lowest BCUT2D eigenvalue weighted by Crippen LogP contribution is -1.93. The summed E-state index contributed by atoms with van der Waals surface area (Å²) < 4.78 is 1.19. The highest BCUT2D eigenvalue weighted by Crippen LogP contribution is 2.33. The molecule has 68 valence electrons. The van der Waals surface area contributed by atoms with Gasteiger partial charge >= 0.3 is 0 Å². The summed E-state index contributed by atoms with van der Waals surface area (Å²) >= 11 is 3.55. The molecule has 0 fully saturated rings. The van der Waals surface area contributed by atoms with Gasteiger partial charge in [-0.3, -0.25) is 9.98 Å². The van der Waals surface area contributed by atoms with Crippen LogP contribution in [0.4, 0.5) is 0 Å². The zero-order valence-electron chi connectivity index (χ0n) is 7.30. The molecule has 1 atom stereocenters. The highest BCUT2D eigenvalue weighted by atomic mass is 32.2. The molecule has 1 aromatic heterocycles. The summed E-state index contributed by atoms with van der Waals surface area (Å²) in [5.41, 5.74) is 1.22. The van der Waals surface area contributed by atoms with E-state index in [0.717, 1.165) is 5.75 Å². The Morgan fingerprint density at radius 1 is 1.62 bits per heavy atom. The fourth-order valence-corrected chi connectivity index (χ4v) is 2.88. The lowest BCUT2D eigenvalue weighted by Gasteiger charge is -2.03. The first-order valence-corrected chi connectivity index (χ1v) is 6.25. The first kappa shape index (κ1) is 9.09. The third-order valence-corrected chi connectivity index (χ3v) is 4.01. The number of hydrogen-bond acceptors (Lipinski definition) is 4. The molecule has 13 heavy (non-hydrogen) atoms. The average molecular weight is 210 g/mol.